The highest BCUT2D eigenvalue weighted by Gasteiger charge is 2.77. The number of nitrogens with zero attached hydrogens (tertiary/aromatic N) is 6. The van der Waals surface area contributed by atoms with Gasteiger partial charge in [-0.2, -0.15) is 8.78 Å². The monoisotopic (exact) mass is 1030 g/mol. The molecule has 7 unspecified atom stereocenters. The Morgan fingerprint density at radius 3 is 2.30 bits per heavy atom. The summed E-state index contributed by atoms with van der Waals surface area (Å²) in [6.45, 7) is 6.17. The van der Waals surface area contributed by atoms with Gasteiger partial charge in [-0.3, -0.25) is 19.5 Å². The van der Waals surface area contributed by atoms with Crippen molar-refractivity contribution in [2.24, 2.45) is 23.8 Å². The zero-order chi connectivity index (χ0) is 52.2. The number of ketones is 1. The van der Waals surface area contributed by atoms with Crippen LogP contribution in [0.2, 0.25) is 5.02 Å². The molecule has 396 valence electrons. The molecule has 5 heterocycles. The van der Waals surface area contributed by atoms with E-state index in [0.29, 0.717) is 48.4 Å². The van der Waals surface area contributed by atoms with Crippen LogP contribution in [-0.4, -0.2) is 144 Å². The highest BCUT2D eigenvalue weighted by molar-refractivity contribution is 6.30. The fraction of sp³-hybridized carbons (Fsp3) is 0.525. The largest absolute Gasteiger partial charge is 0.457 e. The zero-order valence-electron chi connectivity index (χ0n) is 44.5. The summed E-state index contributed by atoms with van der Waals surface area (Å²) in [7, 11) is 12.3. The second kappa shape index (κ2) is 21.3. The number of hydrogen-bond donors (Lipinski definition) is 2. The molecule has 12 nitrogen and oxygen atoms in total. The van der Waals surface area contributed by atoms with Crippen molar-refractivity contribution in [3.8, 4) is 28.5 Å². The fourth-order valence-corrected chi connectivity index (χ4v) is 15.0. The van der Waals surface area contributed by atoms with Crippen LogP contribution in [0.25, 0.3) is 11.3 Å². The maximum atomic E-state index is 17.5. The molecule has 1 saturated carbocycles. The van der Waals surface area contributed by atoms with E-state index in [9.17, 15) is 8.78 Å². The molecule has 4 saturated heterocycles. The Hall–Kier alpha value is -4.77. The van der Waals surface area contributed by atoms with Gasteiger partial charge in [0.15, 0.2) is 5.78 Å². The van der Waals surface area contributed by atoms with Gasteiger partial charge in [0.05, 0.1) is 35.9 Å². The van der Waals surface area contributed by atoms with E-state index < -0.39 is 17.4 Å². The predicted octanol–water partition coefficient (Wildman–Crippen LogP) is 8.95. The van der Waals surface area contributed by atoms with Crippen molar-refractivity contribution in [3.05, 3.63) is 131 Å². The number of carbonyl (C=O) groups is 1. The summed E-state index contributed by atoms with van der Waals surface area (Å²) in [6, 6.07) is 30.9. The van der Waals surface area contributed by atoms with Crippen molar-refractivity contribution in [2.75, 3.05) is 48.5 Å². The Morgan fingerprint density at radius 2 is 1.61 bits per heavy atom. The number of carbonyl (C=O) groups excluding carboxylic acids is 1. The number of benzene rings is 4. The number of Topliss-reactive ketones (excluding diaryl/α,β-unsaturated/α-hetero) is 1. The maximum absolute atomic E-state index is 17.5. The summed E-state index contributed by atoms with van der Waals surface area (Å²) < 4.78 is 48.0. The third kappa shape index (κ3) is 9.28. The molecule has 4 aliphatic heterocycles. The summed E-state index contributed by atoms with van der Waals surface area (Å²) in [5, 5.41) is 9.08. The molecule has 0 radical (unpaired) electrons. The first-order valence-corrected chi connectivity index (χ1v) is 27.0. The van der Waals surface area contributed by atoms with E-state index in [-0.39, 0.29) is 66.0 Å². The molecule has 10 rings (SSSR count). The average Bonchev–Trinajstić information content (AvgIpc) is 4.03. The molecular weight excluding hydrogens is 958 g/mol. The van der Waals surface area contributed by atoms with Gasteiger partial charge in [-0.15, -0.1) is 0 Å². The summed E-state index contributed by atoms with van der Waals surface area (Å²) in [5.74, 6) is 2.43. The van der Waals surface area contributed by atoms with Crippen molar-refractivity contribution >= 4 is 17.4 Å². The summed E-state index contributed by atoms with van der Waals surface area (Å²) in [4.78, 5) is 32.0. The quantitative estimate of drug-likeness (QED) is 0.0992. The molecule has 0 amide bonds. The minimum Gasteiger partial charge on any atom is -0.457 e. The van der Waals surface area contributed by atoms with Crippen LogP contribution in [-0.2, 0) is 42.5 Å². The Labute approximate surface area is 441 Å². The second-order valence-electron chi connectivity index (χ2n) is 22.4. The van der Waals surface area contributed by atoms with E-state index in [0.717, 1.165) is 54.9 Å². The Morgan fingerprint density at radius 1 is 0.892 bits per heavy atom. The van der Waals surface area contributed by atoms with Crippen molar-refractivity contribution < 1.29 is 27.8 Å². The number of aromatic nitrogens is 2. The number of hydrogen-bond acceptors (Lipinski definition) is 11. The number of piperidine rings is 1. The lowest BCUT2D eigenvalue weighted by molar-refractivity contribution is -0.154. The van der Waals surface area contributed by atoms with Gasteiger partial charge >= 0.3 is 6.61 Å². The molecule has 12 atom stereocenters. The molecule has 2 N–H and O–H groups in total. The molecule has 4 aromatic carbocycles. The van der Waals surface area contributed by atoms with Crippen molar-refractivity contribution in [2.45, 2.75) is 127 Å². The number of ether oxygens (including phenoxy) is 3. The normalized spacial score (nSPS) is 31.3. The number of alkyl halides is 2. The van der Waals surface area contributed by atoms with Gasteiger partial charge < -0.3 is 34.3 Å². The number of rotatable bonds is 16. The first kappa shape index (κ1) is 52.7. The van der Waals surface area contributed by atoms with Crippen molar-refractivity contribution in [3.63, 3.8) is 0 Å². The minimum absolute atomic E-state index is 0.0104. The zero-order valence-corrected chi connectivity index (χ0v) is 45.2. The van der Waals surface area contributed by atoms with Gasteiger partial charge in [0, 0.05) is 104 Å². The molecule has 74 heavy (non-hydrogen) atoms. The summed E-state index contributed by atoms with van der Waals surface area (Å²) in [5.41, 5.74) is 3.56. The third-order valence-corrected chi connectivity index (χ3v) is 18.4. The number of methoxy groups -OCH3 is 1. The van der Waals surface area contributed by atoms with Gasteiger partial charge in [-0.25, -0.2) is 4.98 Å². The molecule has 5 aromatic rings. The van der Waals surface area contributed by atoms with Crippen LogP contribution >= 0.6 is 11.6 Å². The van der Waals surface area contributed by atoms with Gasteiger partial charge in [-0.05, 0) is 134 Å². The number of likely N-dealkylation sites (N-methyl/N-ethyl adjacent to an activating group) is 2. The van der Waals surface area contributed by atoms with Crippen LogP contribution in [0.4, 0.5) is 8.78 Å². The number of nitrogens with one attached hydrogen (secondary N) is 2. The van der Waals surface area contributed by atoms with E-state index in [2.05, 4.69) is 117 Å². The summed E-state index contributed by atoms with van der Waals surface area (Å²) in [6.07, 6.45) is 5.77. The van der Waals surface area contributed by atoms with E-state index in [1.165, 1.54) is 11.1 Å². The Bertz CT molecular complexity index is 2750. The van der Waals surface area contributed by atoms with E-state index >= 15 is 4.79 Å². The molecule has 1 aromatic heterocycles. The maximum Gasteiger partial charge on any atom is 0.387 e. The van der Waals surface area contributed by atoms with Gasteiger partial charge in [-0.1, -0.05) is 67.1 Å². The molecule has 1 aliphatic carbocycles. The highest BCUT2D eigenvalue weighted by Crippen LogP contribution is 2.63. The number of likely N-dealkylation sites (tertiary alicyclic amines) is 2. The lowest BCUT2D eigenvalue weighted by Gasteiger charge is -2.57. The highest BCUT2D eigenvalue weighted by atomic mass is 35.5. The van der Waals surface area contributed by atoms with Gasteiger partial charge in [0.25, 0.3) is 0 Å². The fourth-order valence-electron chi connectivity index (χ4n) is 14.9. The van der Waals surface area contributed by atoms with Crippen LogP contribution in [0.15, 0.2) is 103 Å². The predicted molar refractivity (Wildman–Crippen MR) is 287 cm³/mol. The standard InChI is InChI=1S/C59H75ClF2N8O4/c1-10-58-51-28-42(26-38-14-12-11-13-15-38)54(58)67(6)36(2)31-63-50-29-44(27-39-16-21-43(60)22-17-39)68(7)55-47(35-72-9)65-53(59(50,55)56(58)71)37(3)70(51)33-41-20-25-46(74-57(61)62)30-49(41)73-45-23-18-40(19-24-45)48-32-64-52(69(48)8)34-66(4)5/h11-25,30,32,36-37,42,44,47,50-51,53-55,57,63,65H,10,26-29,31,33-35H2,1-9H3/t36-,37-,42+,44-,47+,50?,51?,53?,54?,55?,58?,59?/m0/s1. The van der Waals surface area contributed by atoms with Crippen molar-refractivity contribution in [1.82, 2.24) is 39.8 Å². The average molecular weight is 1030 g/mol. The summed E-state index contributed by atoms with van der Waals surface area (Å²) >= 11 is 6.41. The van der Waals surface area contributed by atoms with Gasteiger partial charge in [0.2, 0.25) is 0 Å². The SMILES string of the molecule is CCC12C(=O)C34C5C[C@H](Cc6ccc(Cl)cc6)N(C)C3[C@@H](COC)NC4[C@H](C)N(Cc3ccc(OC(F)F)cc3Oc3ccc(-c4cnc(CN(C)C)n4C)cc3)C1C[C@@H](Cc1ccccc1)C2N(C)[C@@H](C)CN5. The number of halogens is 3. The number of imidazole rings is 1. The second-order valence-corrected chi connectivity index (χ2v) is 22.8. The van der Waals surface area contributed by atoms with E-state index in [4.69, 9.17) is 25.8 Å². The smallest absolute Gasteiger partial charge is 0.387 e. The van der Waals surface area contributed by atoms with Crippen molar-refractivity contribution in [1.29, 1.82) is 0 Å². The molecular formula is C59H75ClF2N8O4. The molecule has 5 fully saturated rings. The Balaban J connectivity index is 1.10. The first-order chi connectivity index (χ1) is 35.6. The third-order valence-electron chi connectivity index (χ3n) is 18.2. The van der Waals surface area contributed by atoms with E-state index in [1.807, 2.05) is 69.8 Å². The topological polar surface area (TPSA) is 99.6 Å². The molecule has 2 bridgehead atoms. The molecule has 1 spiro atoms. The van der Waals surface area contributed by atoms with Crippen LogP contribution in [0.5, 0.6) is 17.2 Å². The van der Waals surface area contributed by atoms with Crippen LogP contribution in [0, 0.1) is 16.7 Å². The Kier molecular flexibility index (Phi) is 15.2. The lowest BCUT2D eigenvalue weighted by Crippen LogP contribution is -2.73. The first-order valence-electron chi connectivity index (χ1n) is 26.6. The van der Waals surface area contributed by atoms with Crippen LogP contribution in [0.1, 0.15) is 62.5 Å². The molecule has 5 aliphatic rings. The van der Waals surface area contributed by atoms with Crippen LogP contribution in [0.3, 0.4) is 0 Å². The lowest BCUT2D eigenvalue weighted by atomic mass is 9.54. The van der Waals surface area contributed by atoms with Crippen LogP contribution < -0.4 is 20.1 Å². The minimum atomic E-state index is -3.01. The van der Waals surface area contributed by atoms with E-state index in [1.54, 1.807) is 19.2 Å². The molecule has 15 heteroatoms. The van der Waals surface area contributed by atoms with Gasteiger partial charge in [0.1, 0.15) is 23.1 Å².